The van der Waals surface area contributed by atoms with Gasteiger partial charge >= 0.3 is 0 Å². The summed E-state index contributed by atoms with van der Waals surface area (Å²) in [6.45, 7) is 5.52. The number of carbonyl (C=O) groups is 1. The second-order valence-corrected chi connectivity index (χ2v) is 1.83. The fraction of sp³-hybridized carbons (Fsp3) is 0.429. The van der Waals surface area contributed by atoms with Crippen LogP contribution in [0.2, 0.25) is 0 Å². The number of carbonyl (C=O) groups excluding carboxylic acids is 1. The van der Waals surface area contributed by atoms with Gasteiger partial charge in [-0.05, 0) is 6.42 Å². The highest BCUT2D eigenvalue weighted by Crippen LogP contribution is 1.87. The molecule has 0 bridgehead atoms. The molecule has 3 nitrogen and oxygen atoms in total. The van der Waals surface area contributed by atoms with Gasteiger partial charge < -0.3 is 5.32 Å². The van der Waals surface area contributed by atoms with Crippen molar-refractivity contribution in [2.24, 2.45) is 4.99 Å². The molecule has 0 fully saturated rings. The van der Waals surface area contributed by atoms with Gasteiger partial charge in [0.25, 0.3) is 5.91 Å². The number of nitrogens with zero attached hydrogens (tertiary/aromatic N) is 1. The maximum Gasteiger partial charge on any atom is 0.266 e. The van der Waals surface area contributed by atoms with Crippen molar-refractivity contribution in [2.45, 2.75) is 13.3 Å². The van der Waals surface area contributed by atoms with Crippen LogP contribution in [0.15, 0.2) is 17.3 Å². The van der Waals surface area contributed by atoms with Crippen LogP contribution in [0, 0.1) is 0 Å². The maximum atomic E-state index is 10.7. The fourth-order valence-corrected chi connectivity index (χ4v) is 0.412. The summed E-state index contributed by atoms with van der Waals surface area (Å²) in [5.74, 6) is -0.214. The lowest BCUT2D eigenvalue weighted by Crippen LogP contribution is -2.22. The molecule has 0 radical (unpaired) electrons. The number of allylic oxidation sites excluding steroid dienone is 1. The summed E-state index contributed by atoms with van der Waals surface area (Å²) in [5.41, 5.74) is 0.713. The van der Waals surface area contributed by atoms with E-state index in [1.54, 1.807) is 7.05 Å². The Morgan fingerprint density at radius 2 is 2.40 bits per heavy atom. The fourth-order valence-electron chi connectivity index (χ4n) is 0.412. The second kappa shape index (κ2) is 4.73. The molecule has 1 N–H and O–H groups in total. The minimum absolute atomic E-state index is 0.214. The number of aliphatic imine (C=N–C) groups is 1. The van der Waals surface area contributed by atoms with Crippen LogP contribution in [-0.4, -0.2) is 19.2 Å². The quantitative estimate of drug-likeness (QED) is 0.577. The molecule has 0 saturated carbocycles. The standard InChI is InChI=1S/C7H12N2O/c1-4-6(2)9-7(10)5-8-3/h5H,2,4H2,1,3H3,(H,9,10). The van der Waals surface area contributed by atoms with Crippen LogP contribution in [0.1, 0.15) is 13.3 Å². The highest BCUT2D eigenvalue weighted by atomic mass is 16.1. The Morgan fingerprint density at radius 3 is 2.80 bits per heavy atom. The molecule has 56 valence electrons. The van der Waals surface area contributed by atoms with E-state index in [4.69, 9.17) is 0 Å². The van der Waals surface area contributed by atoms with Gasteiger partial charge in [-0.3, -0.25) is 9.79 Å². The summed E-state index contributed by atoms with van der Waals surface area (Å²) < 4.78 is 0. The number of rotatable bonds is 3. The maximum absolute atomic E-state index is 10.7. The zero-order valence-corrected chi connectivity index (χ0v) is 6.35. The van der Waals surface area contributed by atoms with Gasteiger partial charge in [0.1, 0.15) is 0 Å². The van der Waals surface area contributed by atoms with Gasteiger partial charge in [0, 0.05) is 12.7 Å². The number of amides is 1. The summed E-state index contributed by atoms with van der Waals surface area (Å²) >= 11 is 0. The summed E-state index contributed by atoms with van der Waals surface area (Å²) in [4.78, 5) is 14.2. The van der Waals surface area contributed by atoms with E-state index in [1.807, 2.05) is 6.92 Å². The third-order valence-electron chi connectivity index (χ3n) is 0.973. The number of hydrogen-bond donors (Lipinski definition) is 1. The molecule has 0 saturated heterocycles. The monoisotopic (exact) mass is 140 g/mol. The minimum atomic E-state index is -0.214. The molecule has 0 heterocycles. The average Bonchev–Trinajstić information content (AvgIpc) is 1.88. The summed E-state index contributed by atoms with van der Waals surface area (Å²) in [7, 11) is 1.55. The predicted molar refractivity (Wildman–Crippen MR) is 42.0 cm³/mol. The van der Waals surface area contributed by atoms with Crippen LogP contribution in [0.5, 0.6) is 0 Å². The molecule has 0 aliphatic carbocycles. The molecule has 10 heavy (non-hydrogen) atoms. The van der Waals surface area contributed by atoms with Crippen molar-refractivity contribution in [3.05, 3.63) is 12.3 Å². The van der Waals surface area contributed by atoms with Crippen molar-refractivity contribution in [3.63, 3.8) is 0 Å². The van der Waals surface area contributed by atoms with Crippen LogP contribution in [-0.2, 0) is 4.79 Å². The Bertz CT molecular complexity index is 161. The second-order valence-electron chi connectivity index (χ2n) is 1.83. The van der Waals surface area contributed by atoms with Crippen LogP contribution >= 0.6 is 0 Å². The largest absolute Gasteiger partial charge is 0.326 e. The van der Waals surface area contributed by atoms with Gasteiger partial charge in [-0.1, -0.05) is 13.5 Å². The molecule has 0 aromatic carbocycles. The first-order chi connectivity index (χ1) is 4.70. The van der Waals surface area contributed by atoms with E-state index in [0.29, 0.717) is 5.70 Å². The summed E-state index contributed by atoms with van der Waals surface area (Å²) in [6.07, 6.45) is 1.98. The molecule has 0 spiro atoms. The van der Waals surface area contributed by atoms with Crippen LogP contribution in [0.4, 0.5) is 0 Å². The average molecular weight is 140 g/mol. The van der Waals surface area contributed by atoms with E-state index in [2.05, 4.69) is 16.9 Å². The van der Waals surface area contributed by atoms with Crippen molar-refractivity contribution in [1.29, 1.82) is 0 Å². The van der Waals surface area contributed by atoms with Gasteiger partial charge in [0.2, 0.25) is 0 Å². The van der Waals surface area contributed by atoms with E-state index >= 15 is 0 Å². The highest BCUT2D eigenvalue weighted by molar-refractivity contribution is 6.26. The Labute approximate surface area is 60.8 Å². The molecule has 3 heteroatoms. The molecule has 0 aromatic heterocycles. The number of hydrogen-bond acceptors (Lipinski definition) is 2. The van der Waals surface area contributed by atoms with Gasteiger partial charge in [0.15, 0.2) is 0 Å². The Kier molecular flexibility index (Phi) is 4.20. The minimum Gasteiger partial charge on any atom is -0.326 e. The topological polar surface area (TPSA) is 41.5 Å². The zero-order chi connectivity index (χ0) is 7.98. The predicted octanol–water partition coefficient (Wildman–Crippen LogP) is 0.727. The van der Waals surface area contributed by atoms with E-state index in [9.17, 15) is 4.79 Å². The highest BCUT2D eigenvalue weighted by Gasteiger charge is 1.94. The Balaban J connectivity index is 3.68. The van der Waals surface area contributed by atoms with E-state index in [1.165, 1.54) is 6.21 Å². The smallest absolute Gasteiger partial charge is 0.266 e. The first-order valence-corrected chi connectivity index (χ1v) is 3.11. The van der Waals surface area contributed by atoms with Crippen molar-refractivity contribution in [1.82, 2.24) is 5.32 Å². The van der Waals surface area contributed by atoms with Crippen molar-refractivity contribution in [2.75, 3.05) is 7.05 Å². The molecule has 0 aliphatic rings. The van der Waals surface area contributed by atoms with Crippen LogP contribution in [0.25, 0.3) is 0 Å². The molecule has 0 aliphatic heterocycles. The first kappa shape index (κ1) is 8.88. The Hall–Kier alpha value is -1.12. The lowest BCUT2D eigenvalue weighted by molar-refractivity contribution is -0.113. The third-order valence-corrected chi connectivity index (χ3v) is 0.973. The van der Waals surface area contributed by atoms with Gasteiger partial charge in [-0.25, -0.2) is 0 Å². The third kappa shape index (κ3) is 3.83. The molecule has 0 aromatic rings. The lowest BCUT2D eigenvalue weighted by Gasteiger charge is -1.99. The van der Waals surface area contributed by atoms with Gasteiger partial charge in [0.05, 0.1) is 6.21 Å². The molecule has 0 atom stereocenters. The number of nitrogens with one attached hydrogen (secondary N) is 1. The summed E-state index contributed by atoms with van der Waals surface area (Å²) in [5, 5.41) is 2.55. The molecular weight excluding hydrogens is 128 g/mol. The Morgan fingerprint density at radius 1 is 1.80 bits per heavy atom. The summed E-state index contributed by atoms with van der Waals surface area (Å²) in [6, 6.07) is 0. The van der Waals surface area contributed by atoms with Gasteiger partial charge in [-0.15, -0.1) is 0 Å². The van der Waals surface area contributed by atoms with Crippen LogP contribution < -0.4 is 5.32 Å². The lowest BCUT2D eigenvalue weighted by atomic mass is 10.4. The first-order valence-electron chi connectivity index (χ1n) is 3.11. The van der Waals surface area contributed by atoms with Crippen LogP contribution in [0.3, 0.4) is 0 Å². The van der Waals surface area contributed by atoms with E-state index < -0.39 is 0 Å². The van der Waals surface area contributed by atoms with Gasteiger partial charge in [-0.2, -0.15) is 0 Å². The normalized spacial score (nSPS) is 9.80. The van der Waals surface area contributed by atoms with Crippen molar-refractivity contribution >= 4 is 12.1 Å². The van der Waals surface area contributed by atoms with E-state index in [-0.39, 0.29) is 5.91 Å². The SMILES string of the molecule is C=C(CC)NC(=O)C=NC. The zero-order valence-electron chi connectivity index (χ0n) is 6.35. The molecule has 1 amide bonds. The molecule has 0 rings (SSSR count). The molecular formula is C7H12N2O. The van der Waals surface area contributed by atoms with Crippen molar-refractivity contribution in [3.8, 4) is 0 Å². The molecule has 0 unspecified atom stereocenters. The van der Waals surface area contributed by atoms with E-state index in [0.717, 1.165) is 6.42 Å². The van der Waals surface area contributed by atoms with Crippen molar-refractivity contribution < 1.29 is 4.79 Å².